The van der Waals surface area contributed by atoms with E-state index in [-0.39, 0.29) is 29.5 Å². The molecule has 0 bridgehead atoms. The number of anilines is 1. The molecule has 1 unspecified atom stereocenters. The van der Waals surface area contributed by atoms with Gasteiger partial charge in [-0.1, -0.05) is 62.4 Å². The number of Topliss-reactive ketones (excluding diaryl/α,β-unsaturated/α-hetero) is 1. The fourth-order valence-corrected chi connectivity index (χ4v) is 5.78. The lowest BCUT2D eigenvalue weighted by molar-refractivity contribution is -0.139. The van der Waals surface area contributed by atoms with Crippen LogP contribution in [0.4, 0.5) is 10.6 Å². The van der Waals surface area contributed by atoms with E-state index in [1.807, 2.05) is 36.4 Å². The molecule has 0 saturated carbocycles. The summed E-state index contributed by atoms with van der Waals surface area (Å²) in [6, 6.07) is 13.1. The van der Waals surface area contributed by atoms with Crippen molar-refractivity contribution in [2.75, 3.05) is 18.4 Å². The van der Waals surface area contributed by atoms with E-state index in [4.69, 9.17) is 0 Å². The quantitative estimate of drug-likeness (QED) is 0.218. The maximum Gasteiger partial charge on any atom is 0.346 e. The highest BCUT2D eigenvalue weighted by Crippen LogP contribution is 2.28. The van der Waals surface area contributed by atoms with Gasteiger partial charge >= 0.3 is 17.7 Å². The Hall–Kier alpha value is -4.84. The monoisotopic (exact) mass is 616 g/mol. The first-order chi connectivity index (χ1) is 21.4. The van der Waals surface area contributed by atoms with E-state index < -0.39 is 35.2 Å². The number of H-pyrrole nitrogens is 1. The van der Waals surface area contributed by atoms with E-state index >= 15 is 0 Å². The van der Waals surface area contributed by atoms with Crippen LogP contribution in [0.1, 0.15) is 59.3 Å². The topological polar surface area (TPSA) is 174 Å². The fraction of sp³-hybridized carbons (Fsp3) is 0.394. The summed E-state index contributed by atoms with van der Waals surface area (Å²) in [5, 5.41) is 17.9. The maximum atomic E-state index is 13.4. The lowest BCUT2D eigenvalue weighted by Gasteiger charge is -2.42. The molecule has 3 aromatic rings. The van der Waals surface area contributed by atoms with Crippen LogP contribution in [0.2, 0.25) is 0 Å². The Morgan fingerprint density at radius 3 is 2.24 bits per heavy atom. The van der Waals surface area contributed by atoms with Gasteiger partial charge in [-0.25, -0.2) is 14.4 Å². The van der Waals surface area contributed by atoms with Crippen molar-refractivity contribution < 1.29 is 24.3 Å². The number of hydrogen-bond donors (Lipinski definition) is 5. The Morgan fingerprint density at radius 1 is 1.00 bits per heavy atom. The van der Waals surface area contributed by atoms with Crippen LogP contribution < -0.4 is 21.6 Å². The fourth-order valence-electron chi connectivity index (χ4n) is 5.78. The minimum Gasteiger partial charge on any atom is -0.480 e. The molecular formula is C33H40N6O6. The van der Waals surface area contributed by atoms with Crippen LogP contribution in [0, 0.1) is 19.8 Å². The zero-order valence-electron chi connectivity index (χ0n) is 26.0. The van der Waals surface area contributed by atoms with E-state index in [0.29, 0.717) is 31.5 Å². The SMILES string of the molecule is Cc1cccc(C)c1C(=O)Nc1nc(=O)[nH]cc1CC(NC(=O)NC1(C(=O)C(C)C)CCN(Cc2ccccc2)CC1)C(=O)O. The number of urea groups is 1. The molecular weight excluding hydrogens is 576 g/mol. The number of nitrogens with zero attached hydrogens (tertiary/aromatic N) is 2. The Balaban J connectivity index is 1.48. The van der Waals surface area contributed by atoms with Crippen molar-refractivity contribution in [2.45, 2.75) is 65.1 Å². The number of likely N-dealkylation sites (tertiary alicyclic amines) is 1. The van der Waals surface area contributed by atoms with E-state index in [1.165, 1.54) is 6.20 Å². The summed E-state index contributed by atoms with van der Waals surface area (Å²) >= 11 is 0. The van der Waals surface area contributed by atoms with Crippen molar-refractivity contribution >= 4 is 29.5 Å². The first-order valence-electron chi connectivity index (χ1n) is 15.0. The molecule has 4 rings (SSSR count). The smallest absolute Gasteiger partial charge is 0.346 e. The van der Waals surface area contributed by atoms with Gasteiger partial charge in [0.25, 0.3) is 5.91 Å². The van der Waals surface area contributed by atoms with Crippen LogP contribution in [0.5, 0.6) is 0 Å². The minimum atomic E-state index is -1.46. The Labute approximate surface area is 261 Å². The average molecular weight is 617 g/mol. The summed E-state index contributed by atoms with van der Waals surface area (Å²) in [7, 11) is 0. The molecule has 1 aliphatic rings. The second kappa shape index (κ2) is 14.3. The van der Waals surface area contributed by atoms with Crippen molar-refractivity contribution in [1.82, 2.24) is 25.5 Å². The number of aliphatic carboxylic acids is 1. The molecule has 1 atom stereocenters. The average Bonchev–Trinajstić information content (AvgIpc) is 2.99. The van der Waals surface area contributed by atoms with Gasteiger partial charge in [0.15, 0.2) is 5.78 Å². The van der Waals surface area contributed by atoms with Gasteiger partial charge < -0.3 is 26.0 Å². The van der Waals surface area contributed by atoms with E-state index in [0.717, 1.165) is 23.2 Å². The number of carbonyl (C=O) groups excluding carboxylic acids is 3. The highest BCUT2D eigenvalue weighted by molar-refractivity contribution is 6.06. The molecule has 0 radical (unpaired) electrons. The molecule has 0 spiro atoms. The summed E-state index contributed by atoms with van der Waals surface area (Å²) in [6.07, 6.45) is 1.71. The summed E-state index contributed by atoms with van der Waals surface area (Å²) < 4.78 is 0. The number of benzene rings is 2. The van der Waals surface area contributed by atoms with E-state index in [9.17, 15) is 29.1 Å². The molecule has 2 aromatic carbocycles. The normalized spacial score (nSPS) is 15.2. The molecule has 1 fully saturated rings. The number of aromatic nitrogens is 2. The van der Waals surface area contributed by atoms with Gasteiger partial charge in [0.05, 0.1) is 0 Å². The molecule has 12 nitrogen and oxygen atoms in total. The van der Waals surface area contributed by atoms with Crippen molar-refractivity contribution in [3.05, 3.63) is 93.0 Å². The molecule has 2 heterocycles. The molecule has 0 aliphatic carbocycles. The number of aromatic amines is 1. The van der Waals surface area contributed by atoms with Crippen molar-refractivity contribution in [3.8, 4) is 0 Å². The molecule has 12 heteroatoms. The van der Waals surface area contributed by atoms with E-state index in [2.05, 4.69) is 30.8 Å². The number of rotatable bonds is 11. The molecule has 5 N–H and O–H groups in total. The number of carbonyl (C=O) groups is 4. The lowest BCUT2D eigenvalue weighted by Crippen LogP contribution is -2.63. The third kappa shape index (κ3) is 8.21. The number of piperidine rings is 1. The lowest BCUT2D eigenvalue weighted by atomic mass is 9.79. The third-order valence-corrected chi connectivity index (χ3v) is 8.16. The number of aryl methyl sites for hydroxylation is 2. The number of ketones is 1. The Bertz CT molecular complexity index is 1590. The first kappa shape index (κ1) is 33.1. The zero-order chi connectivity index (χ0) is 32.7. The van der Waals surface area contributed by atoms with Crippen molar-refractivity contribution in [3.63, 3.8) is 0 Å². The second-order valence-corrected chi connectivity index (χ2v) is 11.9. The van der Waals surface area contributed by atoms with Crippen LogP contribution in [-0.4, -0.2) is 68.3 Å². The predicted molar refractivity (Wildman–Crippen MR) is 169 cm³/mol. The third-order valence-electron chi connectivity index (χ3n) is 8.16. The van der Waals surface area contributed by atoms with Crippen LogP contribution in [0.25, 0.3) is 0 Å². The molecule has 1 aliphatic heterocycles. The Morgan fingerprint density at radius 2 is 1.64 bits per heavy atom. The predicted octanol–water partition coefficient (Wildman–Crippen LogP) is 3.19. The Kier molecular flexibility index (Phi) is 10.5. The number of carboxylic acid groups (broad SMARTS) is 1. The van der Waals surface area contributed by atoms with Crippen LogP contribution in [0.15, 0.2) is 59.5 Å². The van der Waals surface area contributed by atoms with Gasteiger partial charge in [0.1, 0.15) is 17.4 Å². The van der Waals surface area contributed by atoms with Gasteiger partial charge in [0.2, 0.25) is 0 Å². The van der Waals surface area contributed by atoms with Crippen LogP contribution in [-0.2, 0) is 22.6 Å². The van der Waals surface area contributed by atoms with Crippen molar-refractivity contribution in [2.24, 2.45) is 5.92 Å². The number of nitrogens with one attached hydrogen (secondary N) is 4. The largest absolute Gasteiger partial charge is 0.480 e. The van der Waals surface area contributed by atoms with Gasteiger partial charge in [-0.2, -0.15) is 4.98 Å². The molecule has 1 aromatic heterocycles. The second-order valence-electron chi connectivity index (χ2n) is 11.9. The van der Waals surface area contributed by atoms with Crippen LogP contribution in [0.3, 0.4) is 0 Å². The summed E-state index contributed by atoms with van der Waals surface area (Å²) in [4.78, 5) is 72.7. The van der Waals surface area contributed by atoms with Gasteiger partial charge in [-0.15, -0.1) is 0 Å². The summed E-state index contributed by atoms with van der Waals surface area (Å²) in [5.41, 5.74) is 1.31. The van der Waals surface area contributed by atoms with Gasteiger partial charge in [0, 0.05) is 49.3 Å². The molecule has 238 valence electrons. The van der Waals surface area contributed by atoms with Gasteiger partial charge in [-0.3, -0.25) is 14.5 Å². The minimum absolute atomic E-state index is 0.114. The summed E-state index contributed by atoms with van der Waals surface area (Å²) in [6.45, 7) is 8.97. The first-order valence-corrected chi connectivity index (χ1v) is 15.0. The molecule has 3 amide bonds. The molecule has 45 heavy (non-hydrogen) atoms. The number of carboxylic acids is 1. The van der Waals surface area contributed by atoms with E-state index in [1.54, 1.807) is 39.8 Å². The highest BCUT2D eigenvalue weighted by Gasteiger charge is 2.43. The standard InChI is InChI=1S/C33H40N6O6/c1-20(2)27(40)33(13-15-39(16-14-33)19-23-11-6-5-7-12-23)38-32(45)35-25(30(42)43)17-24-18-34-31(44)37-28(24)36-29(41)26-21(3)9-8-10-22(26)4/h5-12,18,20,25H,13-17,19H2,1-4H3,(H,42,43)(H2,35,38,45)(H2,34,36,37,41,44). The van der Waals surface area contributed by atoms with Gasteiger partial charge in [-0.05, 0) is 43.4 Å². The summed E-state index contributed by atoms with van der Waals surface area (Å²) in [5.74, 6) is -2.43. The van der Waals surface area contributed by atoms with Crippen molar-refractivity contribution in [1.29, 1.82) is 0 Å². The van der Waals surface area contributed by atoms with Crippen LogP contribution >= 0.6 is 0 Å². The highest BCUT2D eigenvalue weighted by atomic mass is 16.4. The number of amides is 3. The number of hydrogen-bond acceptors (Lipinski definition) is 7. The maximum absolute atomic E-state index is 13.4. The zero-order valence-corrected chi connectivity index (χ0v) is 26.0. The molecule has 1 saturated heterocycles.